The van der Waals surface area contributed by atoms with Crippen molar-refractivity contribution < 1.29 is 64.1 Å². The van der Waals surface area contributed by atoms with Gasteiger partial charge in [-0.2, -0.15) is 13.2 Å². The molecule has 0 radical (unpaired) electrons. The molecule has 0 unspecified atom stereocenters. The first-order chi connectivity index (χ1) is 28.5. The number of hydrogen-bond acceptors (Lipinski definition) is 11. The number of allylic oxidation sites excluding steroid dienone is 1. The lowest BCUT2D eigenvalue weighted by Crippen LogP contribution is -2.60. The van der Waals surface area contributed by atoms with Gasteiger partial charge in [-0.15, -0.1) is 0 Å². The van der Waals surface area contributed by atoms with Crippen molar-refractivity contribution in [3.63, 3.8) is 0 Å². The third-order valence-corrected chi connectivity index (χ3v) is 14.6. The minimum absolute atomic E-state index is 0.0597. The van der Waals surface area contributed by atoms with E-state index in [1.807, 2.05) is 13.0 Å². The fourth-order valence-electron chi connectivity index (χ4n) is 7.97. The van der Waals surface area contributed by atoms with Crippen LogP contribution >= 0.6 is 0 Å². The number of alkyl carbamates (subject to hydrolysis) is 1. The lowest BCUT2D eigenvalue weighted by atomic mass is 9.85. The third-order valence-electron chi connectivity index (χ3n) is 12.4. The van der Waals surface area contributed by atoms with Crippen LogP contribution in [0.5, 0.6) is 17.4 Å². The molecule has 61 heavy (non-hydrogen) atoms. The van der Waals surface area contributed by atoms with Crippen LogP contribution in [0.2, 0.25) is 0 Å². The maximum atomic E-state index is 15.1. The summed E-state index contributed by atoms with van der Waals surface area (Å²) < 4.78 is 106. The molecular formula is C41H53F4N5O10S. The van der Waals surface area contributed by atoms with Gasteiger partial charge >= 0.3 is 12.3 Å². The normalized spacial score (nSPS) is 28.5. The van der Waals surface area contributed by atoms with E-state index >= 15 is 4.39 Å². The van der Waals surface area contributed by atoms with Crippen molar-refractivity contribution in [3.8, 4) is 17.4 Å². The fraction of sp³-hybridized carbons (Fsp3) is 0.634. The molecule has 3 heterocycles. The molecule has 15 nitrogen and oxygen atoms in total. The molecule has 0 bridgehead atoms. The number of methoxy groups -OCH3 is 2. The van der Waals surface area contributed by atoms with Gasteiger partial charge in [-0.25, -0.2) is 22.6 Å². The number of nitrogens with one attached hydrogen (secondary N) is 3. The van der Waals surface area contributed by atoms with Gasteiger partial charge in [0.2, 0.25) is 33.3 Å². The van der Waals surface area contributed by atoms with Gasteiger partial charge < -0.3 is 34.5 Å². The number of pyridine rings is 1. The summed E-state index contributed by atoms with van der Waals surface area (Å²) in [5, 5.41) is 5.36. The van der Waals surface area contributed by atoms with E-state index in [1.165, 1.54) is 33.3 Å². The van der Waals surface area contributed by atoms with Gasteiger partial charge in [-0.05, 0) is 77.2 Å². The number of alkyl halides is 3. The molecule has 2 aliphatic heterocycles. The number of sulfonamides is 1. The molecule has 1 saturated heterocycles. The van der Waals surface area contributed by atoms with Crippen molar-refractivity contribution in [1.29, 1.82) is 0 Å². The molecule has 2 saturated carbocycles. The molecular weight excluding hydrogens is 831 g/mol. The van der Waals surface area contributed by atoms with Crippen LogP contribution in [0.4, 0.5) is 22.4 Å². The molecule has 1 aromatic carbocycles. The summed E-state index contributed by atoms with van der Waals surface area (Å²) in [7, 11) is -1.48. The highest BCUT2D eigenvalue weighted by Crippen LogP contribution is 2.48. The smallest absolute Gasteiger partial charge is 0.427 e. The Hall–Kier alpha value is -4.88. The van der Waals surface area contributed by atoms with Crippen LogP contribution in [0.1, 0.15) is 86.0 Å². The van der Waals surface area contributed by atoms with Crippen molar-refractivity contribution in [2.75, 3.05) is 20.8 Å². The van der Waals surface area contributed by atoms with Gasteiger partial charge in [0.1, 0.15) is 29.5 Å². The molecule has 1 aromatic heterocycles. The predicted octanol–water partition coefficient (Wildman–Crippen LogP) is 5.45. The van der Waals surface area contributed by atoms with E-state index in [0.29, 0.717) is 52.4 Å². The molecule has 4 amide bonds. The number of aromatic nitrogens is 1. The Morgan fingerprint density at radius 2 is 1.77 bits per heavy atom. The second kappa shape index (κ2) is 16.8. The number of halogens is 4. The van der Waals surface area contributed by atoms with Crippen LogP contribution in [0.3, 0.4) is 0 Å². The van der Waals surface area contributed by atoms with Gasteiger partial charge in [0.15, 0.2) is 11.6 Å². The van der Waals surface area contributed by atoms with Crippen molar-refractivity contribution in [3.05, 3.63) is 36.2 Å². The number of carbonyl (C=O) groups is 4. The first kappa shape index (κ1) is 45.6. The minimum Gasteiger partial charge on any atom is -0.494 e. The van der Waals surface area contributed by atoms with Crippen molar-refractivity contribution in [1.82, 2.24) is 25.2 Å². The molecule has 6 rings (SSSR count). The van der Waals surface area contributed by atoms with Crippen LogP contribution < -0.4 is 29.6 Å². The summed E-state index contributed by atoms with van der Waals surface area (Å²) >= 11 is 0. The first-order valence-electron chi connectivity index (χ1n) is 20.3. The van der Waals surface area contributed by atoms with Crippen LogP contribution in [-0.4, -0.2) is 103 Å². The summed E-state index contributed by atoms with van der Waals surface area (Å²) in [5.41, 5.74) is -4.39. The summed E-state index contributed by atoms with van der Waals surface area (Å²) in [6, 6.07) is 0.972. The summed E-state index contributed by atoms with van der Waals surface area (Å²) in [6.07, 6.45) is -1.57. The van der Waals surface area contributed by atoms with Gasteiger partial charge in [0.25, 0.3) is 5.91 Å². The minimum atomic E-state index is -4.95. The number of nitrogens with zero attached hydrogens (tertiary/aromatic N) is 2. The zero-order valence-corrected chi connectivity index (χ0v) is 35.9. The number of fused-ring (bicyclic) bond motifs is 3. The monoisotopic (exact) mass is 883 g/mol. The molecule has 3 fully saturated rings. The summed E-state index contributed by atoms with van der Waals surface area (Å²) in [6.45, 7) is 6.24. The van der Waals surface area contributed by atoms with Gasteiger partial charge in [-0.1, -0.05) is 32.4 Å². The highest BCUT2D eigenvalue weighted by molar-refractivity contribution is 7.91. The van der Waals surface area contributed by atoms with Crippen LogP contribution in [0, 0.1) is 23.6 Å². The van der Waals surface area contributed by atoms with E-state index in [2.05, 4.69) is 20.3 Å². The maximum Gasteiger partial charge on any atom is 0.427 e. The number of amides is 4. The Kier molecular flexibility index (Phi) is 12.5. The fourth-order valence-corrected chi connectivity index (χ4v) is 9.28. The van der Waals surface area contributed by atoms with Crippen LogP contribution in [0.25, 0.3) is 10.9 Å². The van der Waals surface area contributed by atoms with Crippen molar-refractivity contribution >= 4 is 44.7 Å². The molecule has 2 aliphatic carbocycles. The van der Waals surface area contributed by atoms with E-state index in [1.54, 1.807) is 13.0 Å². The Morgan fingerprint density at radius 1 is 1.07 bits per heavy atom. The highest BCUT2D eigenvalue weighted by Gasteiger charge is 2.63. The van der Waals surface area contributed by atoms with Crippen molar-refractivity contribution in [2.24, 2.45) is 17.8 Å². The zero-order valence-electron chi connectivity index (χ0n) is 35.1. The standard InChI is InChI=1S/C41H53F4N5O10S/c1-8-23-15-22(2)11-9-10-12-24-20-40(24,36(53)49-61(55,56)39(5)13-14-39)48-34(51)29-16-25(21-50(29)35(52)33(23)47-37(54)60-38(3,4)41(43,44)45)59-30-19-32(58-7)46-28-18-31(57-6)27(42)17-26(28)30/h10,12,17-19,22-25,29,33H,8-9,11,13-16,20-21H2,1-7H3,(H,47,54)(H,48,51)(H,49,53)/b12-10-/t22-,23-,24-,25-,29+,33+,40-/m1/s1. The molecule has 0 spiro atoms. The second-order valence-corrected chi connectivity index (χ2v) is 19.5. The average molecular weight is 884 g/mol. The van der Waals surface area contributed by atoms with Crippen LogP contribution in [-0.2, 0) is 29.1 Å². The Balaban J connectivity index is 1.40. The summed E-state index contributed by atoms with van der Waals surface area (Å²) in [4.78, 5) is 62.3. The number of rotatable bonds is 10. The number of ether oxygens (including phenoxy) is 4. The quantitative estimate of drug-likeness (QED) is 0.203. The molecule has 4 aliphatic rings. The molecule has 20 heteroatoms. The molecule has 3 N–H and O–H groups in total. The largest absolute Gasteiger partial charge is 0.494 e. The number of benzene rings is 1. The van der Waals surface area contributed by atoms with E-state index < -0.39 is 91.7 Å². The van der Waals surface area contributed by atoms with E-state index in [9.17, 15) is 40.8 Å². The SMILES string of the molecule is CC[C@@H]1C[C@H](C)CC/C=C\[C@@H]2C[C@@]2(C(=O)NS(=O)(=O)C2(C)CC2)NC(=O)[C@@H]2C[C@@H](Oc3cc(OC)nc4cc(OC)c(F)cc34)CN2C(=O)[C@H]1NC(=O)OC(C)(C)C(F)(F)F. The highest BCUT2D eigenvalue weighted by atomic mass is 32.2. The Bertz CT molecular complexity index is 2200. The third kappa shape index (κ3) is 9.33. The molecule has 7 atom stereocenters. The Labute approximate surface area is 351 Å². The topological polar surface area (TPSA) is 192 Å². The lowest BCUT2D eigenvalue weighted by Gasteiger charge is -2.35. The van der Waals surface area contributed by atoms with E-state index in [4.69, 9.17) is 18.9 Å². The predicted molar refractivity (Wildman–Crippen MR) is 212 cm³/mol. The zero-order chi connectivity index (χ0) is 44.9. The Morgan fingerprint density at radius 3 is 2.39 bits per heavy atom. The lowest BCUT2D eigenvalue weighted by molar-refractivity contribution is -0.244. The van der Waals surface area contributed by atoms with E-state index in [0.717, 1.165) is 11.0 Å². The number of hydrogen-bond donors (Lipinski definition) is 3. The van der Waals surface area contributed by atoms with Gasteiger partial charge in [-0.3, -0.25) is 19.1 Å². The van der Waals surface area contributed by atoms with Gasteiger partial charge in [0.05, 0.1) is 31.0 Å². The first-order valence-corrected chi connectivity index (χ1v) is 21.8. The maximum absolute atomic E-state index is 15.1. The van der Waals surface area contributed by atoms with E-state index in [-0.39, 0.29) is 53.6 Å². The molecule has 336 valence electrons. The molecule has 2 aromatic rings. The summed E-state index contributed by atoms with van der Waals surface area (Å²) in [5.74, 6) is -4.60. The number of carbonyl (C=O) groups excluding carboxylic acids is 4. The van der Waals surface area contributed by atoms with Crippen LogP contribution in [0.15, 0.2) is 30.4 Å². The average Bonchev–Trinajstić information content (AvgIpc) is 4.06. The second-order valence-electron chi connectivity index (χ2n) is 17.3. The van der Waals surface area contributed by atoms with Crippen molar-refractivity contribution in [2.45, 2.75) is 126 Å². The van der Waals surface area contributed by atoms with Gasteiger partial charge in [0, 0.05) is 29.9 Å².